The van der Waals surface area contributed by atoms with Gasteiger partial charge in [-0.3, -0.25) is 9.59 Å². The summed E-state index contributed by atoms with van der Waals surface area (Å²) >= 11 is 1.34. The van der Waals surface area contributed by atoms with E-state index < -0.39 is 0 Å². The van der Waals surface area contributed by atoms with Crippen molar-refractivity contribution in [3.05, 3.63) is 34.5 Å². The molecular formula is C17H20ClN3O4S. The predicted molar refractivity (Wildman–Crippen MR) is 104 cm³/mol. The van der Waals surface area contributed by atoms with Gasteiger partial charge in [0.25, 0.3) is 5.91 Å². The first-order chi connectivity index (χ1) is 12.1. The lowest BCUT2D eigenvalue weighted by molar-refractivity contribution is -0.119. The molecule has 1 aromatic heterocycles. The summed E-state index contributed by atoms with van der Waals surface area (Å²) in [7, 11) is 0. The van der Waals surface area contributed by atoms with Crippen molar-refractivity contribution in [3.63, 3.8) is 0 Å². The molecule has 1 atom stereocenters. The number of anilines is 2. The Bertz CT molecular complexity index is 783. The van der Waals surface area contributed by atoms with Gasteiger partial charge in [-0.25, -0.2) is 0 Å². The Labute approximate surface area is 161 Å². The third-order valence-electron chi connectivity index (χ3n) is 3.73. The van der Waals surface area contributed by atoms with Crippen LogP contribution in [0.5, 0.6) is 11.5 Å². The fourth-order valence-corrected chi connectivity index (χ4v) is 2.87. The Morgan fingerprint density at radius 3 is 2.35 bits per heavy atom. The van der Waals surface area contributed by atoms with Crippen LogP contribution in [0.4, 0.5) is 11.4 Å². The smallest absolute Gasteiger partial charge is 0.265 e. The van der Waals surface area contributed by atoms with Crippen LogP contribution >= 0.6 is 23.7 Å². The number of hydrogen-bond acceptors (Lipinski definition) is 6. The number of amides is 2. The number of hydrogen-bond donors (Lipinski definition) is 3. The largest absolute Gasteiger partial charge is 0.486 e. The van der Waals surface area contributed by atoms with Crippen LogP contribution in [-0.2, 0) is 4.79 Å². The van der Waals surface area contributed by atoms with Crippen LogP contribution in [0, 0.1) is 5.92 Å². The molecule has 1 unspecified atom stereocenters. The first-order valence-corrected chi connectivity index (χ1v) is 8.76. The van der Waals surface area contributed by atoms with E-state index in [1.165, 1.54) is 11.3 Å². The Kier molecular flexibility index (Phi) is 6.84. The Morgan fingerprint density at radius 1 is 1.19 bits per heavy atom. The van der Waals surface area contributed by atoms with Crippen molar-refractivity contribution >= 4 is 46.9 Å². The number of nitrogens with two attached hydrogens (primary N) is 1. The maximum Gasteiger partial charge on any atom is 0.265 e. The first kappa shape index (κ1) is 20.0. The topological polar surface area (TPSA) is 103 Å². The number of ether oxygens (including phenoxy) is 2. The quantitative estimate of drug-likeness (QED) is 0.719. The van der Waals surface area contributed by atoms with Gasteiger partial charge in [0.15, 0.2) is 11.5 Å². The molecule has 0 radical (unpaired) electrons. The van der Waals surface area contributed by atoms with E-state index in [2.05, 4.69) is 10.6 Å². The number of rotatable bonds is 5. The molecule has 1 aromatic carbocycles. The SMILES string of the molecule is CC(CN)C(=O)Nc1cc2c(cc1NC(=O)c1cccs1)OCCO2.Cl. The van der Waals surface area contributed by atoms with E-state index in [0.29, 0.717) is 41.0 Å². The lowest BCUT2D eigenvalue weighted by atomic mass is 10.1. The van der Waals surface area contributed by atoms with Crippen LogP contribution in [0.3, 0.4) is 0 Å². The van der Waals surface area contributed by atoms with Crippen LogP contribution in [0.15, 0.2) is 29.6 Å². The second-order valence-corrected chi connectivity index (χ2v) is 6.55. The summed E-state index contributed by atoms with van der Waals surface area (Å²) in [5, 5.41) is 7.44. The van der Waals surface area contributed by atoms with Crippen molar-refractivity contribution in [2.45, 2.75) is 6.92 Å². The van der Waals surface area contributed by atoms with E-state index in [9.17, 15) is 9.59 Å². The summed E-state index contributed by atoms with van der Waals surface area (Å²) in [6, 6.07) is 6.84. The molecular weight excluding hydrogens is 378 g/mol. The van der Waals surface area contributed by atoms with E-state index in [0.717, 1.165) is 0 Å². The first-order valence-electron chi connectivity index (χ1n) is 7.88. The molecule has 9 heteroatoms. The van der Waals surface area contributed by atoms with E-state index in [4.69, 9.17) is 15.2 Å². The predicted octanol–water partition coefficient (Wildman–Crippen LogP) is 2.73. The molecule has 2 heterocycles. The van der Waals surface area contributed by atoms with Crippen LogP contribution in [-0.4, -0.2) is 31.6 Å². The molecule has 0 spiro atoms. The maximum absolute atomic E-state index is 12.4. The Hall–Kier alpha value is -2.29. The summed E-state index contributed by atoms with van der Waals surface area (Å²) < 4.78 is 11.1. The molecule has 0 fully saturated rings. The summed E-state index contributed by atoms with van der Waals surface area (Å²) in [6.07, 6.45) is 0. The molecule has 0 bridgehead atoms. The van der Waals surface area contributed by atoms with Crippen LogP contribution in [0.1, 0.15) is 16.6 Å². The highest BCUT2D eigenvalue weighted by Crippen LogP contribution is 2.38. The molecule has 0 saturated heterocycles. The monoisotopic (exact) mass is 397 g/mol. The average molecular weight is 398 g/mol. The average Bonchev–Trinajstić information content (AvgIpc) is 3.16. The van der Waals surface area contributed by atoms with Crippen molar-refractivity contribution in [1.82, 2.24) is 0 Å². The zero-order valence-electron chi connectivity index (χ0n) is 14.1. The Morgan fingerprint density at radius 2 is 1.81 bits per heavy atom. The summed E-state index contributed by atoms with van der Waals surface area (Å²) in [4.78, 5) is 25.1. The zero-order chi connectivity index (χ0) is 17.8. The molecule has 26 heavy (non-hydrogen) atoms. The number of carbonyl (C=O) groups is 2. The highest BCUT2D eigenvalue weighted by Gasteiger charge is 2.20. The molecule has 0 aliphatic carbocycles. The third kappa shape index (κ3) is 4.46. The number of carbonyl (C=O) groups excluding carboxylic acids is 2. The van der Waals surface area contributed by atoms with E-state index in [-0.39, 0.29) is 36.7 Å². The van der Waals surface area contributed by atoms with Crippen LogP contribution < -0.4 is 25.8 Å². The number of fused-ring (bicyclic) bond motifs is 1. The van der Waals surface area contributed by atoms with Crippen molar-refractivity contribution in [2.24, 2.45) is 11.7 Å². The molecule has 7 nitrogen and oxygen atoms in total. The number of thiophene rings is 1. The lowest BCUT2D eigenvalue weighted by Gasteiger charge is -2.22. The Balaban J connectivity index is 0.00000243. The van der Waals surface area contributed by atoms with Gasteiger partial charge in [0.2, 0.25) is 5.91 Å². The summed E-state index contributed by atoms with van der Waals surface area (Å²) in [5.41, 5.74) is 6.44. The second kappa shape index (κ2) is 8.88. The highest BCUT2D eigenvalue weighted by molar-refractivity contribution is 7.12. The molecule has 0 saturated carbocycles. The summed E-state index contributed by atoms with van der Waals surface area (Å²) in [5.74, 6) is 0.211. The molecule has 140 valence electrons. The van der Waals surface area contributed by atoms with Gasteiger partial charge in [0.05, 0.1) is 16.3 Å². The minimum atomic E-state index is -0.353. The standard InChI is InChI=1S/C17H19N3O4S.ClH/c1-10(9-18)16(21)19-11-7-13-14(24-5-4-23-13)8-12(11)20-17(22)15-3-2-6-25-15;/h2-3,6-8,10H,4-5,9,18H2,1H3,(H,19,21)(H,20,22);1H. The highest BCUT2D eigenvalue weighted by atomic mass is 35.5. The van der Waals surface area contributed by atoms with Crippen molar-refractivity contribution in [3.8, 4) is 11.5 Å². The number of nitrogens with one attached hydrogen (secondary N) is 2. The van der Waals surface area contributed by atoms with Gasteiger partial charge in [-0.1, -0.05) is 13.0 Å². The number of halogens is 1. The van der Waals surface area contributed by atoms with Gasteiger partial charge in [-0.05, 0) is 11.4 Å². The van der Waals surface area contributed by atoms with Crippen molar-refractivity contribution in [1.29, 1.82) is 0 Å². The van der Waals surface area contributed by atoms with Gasteiger partial charge in [0, 0.05) is 24.6 Å². The molecule has 1 aliphatic heterocycles. The van der Waals surface area contributed by atoms with Gasteiger partial charge < -0.3 is 25.8 Å². The van der Waals surface area contributed by atoms with E-state index >= 15 is 0 Å². The lowest BCUT2D eigenvalue weighted by Crippen LogP contribution is -2.27. The second-order valence-electron chi connectivity index (χ2n) is 5.60. The van der Waals surface area contributed by atoms with Crippen molar-refractivity contribution in [2.75, 3.05) is 30.4 Å². The molecule has 2 amide bonds. The molecule has 4 N–H and O–H groups in total. The number of benzene rings is 1. The van der Waals surface area contributed by atoms with Gasteiger partial charge >= 0.3 is 0 Å². The minimum Gasteiger partial charge on any atom is -0.486 e. The van der Waals surface area contributed by atoms with Crippen LogP contribution in [0.2, 0.25) is 0 Å². The van der Waals surface area contributed by atoms with Gasteiger partial charge in [-0.2, -0.15) is 0 Å². The fraction of sp³-hybridized carbons (Fsp3) is 0.294. The van der Waals surface area contributed by atoms with Gasteiger partial charge in [0.1, 0.15) is 13.2 Å². The normalized spacial score (nSPS) is 13.3. The fourth-order valence-electron chi connectivity index (χ4n) is 2.25. The molecule has 2 aromatic rings. The zero-order valence-corrected chi connectivity index (χ0v) is 15.7. The third-order valence-corrected chi connectivity index (χ3v) is 4.60. The van der Waals surface area contributed by atoms with Crippen LogP contribution in [0.25, 0.3) is 0 Å². The minimum absolute atomic E-state index is 0. The van der Waals surface area contributed by atoms with Gasteiger partial charge in [-0.15, -0.1) is 23.7 Å². The van der Waals surface area contributed by atoms with Crippen molar-refractivity contribution < 1.29 is 19.1 Å². The molecule has 3 rings (SSSR count). The van der Waals surface area contributed by atoms with E-state index in [1.54, 1.807) is 31.2 Å². The molecule has 1 aliphatic rings. The van der Waals surface area contributed by atoms with E-state index in [1.807, 2.05) is 5.38 Å². The summed E-state index contributed by atoms with van der Waals surface area (Å²) in [6.45, 7) is 2.83. The maximum atomic E-state index is 12.4.